The van der Waals surface area contributed by atoms with Gasteiger partial charge in [0.15, 0.2) is 0 Å². The molecule has 0 aliphatic carbocycles. The molecular weight excluding hydrogens is 390 g/mol. The molecule has 9 heteroatoms. The second kappa shape index (κ2) is 8.88. The first-order chi connectivity index (χ1) is 12.7. The van der Waals surface area contributed by atoms with Crippen LogP contribution >= 0.6 is 11.6 Å². The Labute approximate surface area is 163 Å². The van der Waals surface area contributed by atoms with Crippen molar-refractivity contribution in [3.63, 3.8) is 0 Å². The summed E-state index contributed by atoms with van der Waals surface area (Å²) < 4.78 is 25.0. The van der Waals surface area contributed by atoms with Gasteiger partial charge in [-0.25, -0.2) is 8.42 Å². The van der Waals surface area contributed by atoms with Crippen molar-refractivity contribution in [3.05, 3.63) is 58.6 Å². The van der Waals surface area contributed by atoms with Crippen molar-refractivity contribution < 1.29 is 18.0 Å². The molecule has 0 heterocycles. The summed E-state index contributed by atoms with van der Waals surface area (Å²) in [7, 11) is -3.52. The highest BCUT2D eigenvalue weighted by Crippen LogP contribution is 2.24. The molecule has 0 saturated heterocycles. The molecule has 0 aliphatic rings. The maximum Gasteiger partial charge on any atom is 0.255 e. The lowest BCUT2D eigenvalue weighted by Gasteiger charge is -2.10. The van der Waals surface area contributed by atoms with Gasteiger partial charge in [0.25, 0.3) is 11.8 Å². The van der Waals surface area contributed by atoms with Gasteiger partial charge in [0.1, 0.15) is 0 Å². The summed E-state index contributed by atoms with van der Waals surface area (Å²) in [4.78, 5) is 24.3. The molecule has 2 aromatic rings. The second-order valence-electron chi connectivity index (χ2n) is 5.86. The van der Waals surface area contributed by atoms with E-state index in [9.17, 15) is 18.0 Å². The number of anilines is 2. The Hall–Kier alpha value is -2.58. The molecule has 2 aromatic carbocycles. The third kappa shape index (κ3) is 6.26. The number of benzene rings is 2. The first kappa shape index (κ1) is 20.7. The number of carbonyl (C=O) groups excluding carboxylic acids is 2. The fraction of sp³-hybridized carbons (Fsp3) is 0.222. The number of sulfonamides is 1. The van der Waals surface area contributed by atoms with Crippen molar-refractivity contribution in [1.29, 1.82) is 0 Å². The van der Waals surface area contributed by atoms with E-state index in [2.05, 4.69) is 15.4 Å². The minimum atomic E-state index is -3.52. The van der Waals surface area contributed by atoms with Crippen LogP contribution in [0.15, 0.2) is 42.5 Å². The zero-order valence-corrected chi connectivity index (χ0v) is 16.4. The van der Waals surface area contributed by atoms with Crippen LogP contribution in [0.2, 0.25) is 5.02 Å². The predicted octanol–water partition coefficient (Wildman–Crippen LogP) is 3.10. The topological polar surface area (TPSA) is 104 Å². The van der Waals surface area contributed by atoms with Gasteiger partial charge in [-0.05, 0) is 48.9 Å². The first-order valence-corrected chi connectivity index (χ1v) is 10.4. The Kier molecular flexibility index (Phi) is 6.81. The SMILES string of the molecule is CCCNC(=O)c1ccc(NC(=O)c2ccc(Cl)c(NS(C)(=O)=O)c2)cc1. The lowest BCUT2D eigenvalue weighted by atomic mass is 10.1. The quantitative estimate of drug-likeness (QED) is 0.653. The van der Waals surface area contributed by atoms with Gasteiger partial charge in [0, 0.05) is 23.4 Å². The minimum Gasteiger partial charge on any atom is -0.352 e. The third-order valence-corrected chi connectivity index (χ3v) is 4.38. The molecule has 0 radical (unpaired) electrons. The van der Waals surface area contributed by atoms with E-state index in [0.717, 1.165) is 12.7 Å². The highest BCUT2D eigenvalue weighted by molar-refractivity contribution is 7.92. The van der Waals surface area contributed by atoms with Crippen LogP contribution in [0, 0.1) is 0 Å². The van der Waals surface area contributed by atoms with Crippen LogP contribution in [0.4, 0.5) is 11.4 Å². The highest BCUT2D eigenvalue weighted by atomic mass is 35.5. The minimum absolute atomic E-state index is 0.120. The van der Waals surface area contributed by atoms with Gasteiger partial charge in [-0.3, -0.25) is 14.3 Å². The number of rotatable bonds is 7. The van der Waals surface area contributed by atoms with Crippen LogP contribution < -0.4 is 15.4 Å². The maximum absolute atomic E-state index is 12.4. The Morgan fingerprint density at radius 2 is 1.63 bits per heavy atom. The van der Waals surface area contributed by atoms with Crippen LogP contribution in [-0.2, 0) is 10.0 Å². The van der Waals surface area contributed by atoms with E-state index in [0.29, 0.717) is 17.8 Å². The Bertz CT molecular complexity index is 944. The smallest absolute Gasteiger partial charge is 0.255 e. The molecule has 0 unspecified atom stereocenters. The van der Waals surface area contributed by atoms with Gasteiger partial charge in [-0.15, -0.1) is 0 Å². The zero-order valence-electron chi connectivity index (χ0n) is 14.9. The third-order valence-electron chi connectivity index (χ3n) is 3.46. The monoisotopic (exact) mass is 409 g/mol. The number of hydrogen-bond donors (Lipinski definition) is 3. The number of hydrogen-bond acceptors (Lipinski definition) is 4. The van der Waals surface area contributed by atoms with Gasteiger partial charge < -0.3 is 10.6 Å². The van der Waals surface area contributed by atoms with Crippen molar-refractivity contribution >= 4 is 44.8 Å². The van der Waals surface area contributed by atoms with Gasteiger partial charge in [0.05, 0.1) is 17.0 Å². The normalized spacial score (nSPS) is 10.9. The molecule has 0 aromatic heterocycles. The number of amides is 2. The zero-order chi connectivity index (χ0) is 20.0. The van der Waals surface area contributed by atoms with Gasteiger partial charge in [-0.2, -0.15) is 0 Å². The molecule has 2 amide bonds. The summed E-state index contributed by atoms with van der Waals surface area (Å²) in [5, 5.41) is 5.64. The summed E-state index contributed by atoms with van der Waals surface area (Å²) >= 11 is 5.95. The summed E-state index contributed by atoms with van der Waals surface area (Å²) in [5.74, 6) is -0.615. The summed E-state index contributed by atoms with van der Waals surface area (Å²) in [6, 6.07) is 10.7. The fourth-order valence-electron chi connectivity index (χ4n) is 2.19. The Balaban J connectivity index is 2.11. The molecule has 0 spiro atoms. The molecular formula is C18H20ClN3O4S. The fourth-order valence-corrected chi connectivity index (χ4v) is 2.98. The van der Waals surface area contributed by atoms with E-state index in [1.807, 2.05) is 6.92 Å². The molecule has 0 atom stereocenters. The Morgan fingerprint density at radius 3 is 2.22 bits per heavy atom. The van der Waals surface area contributed by atoms with Crippen LogP contribution in [0.25, 0.3) is 0 Å². The molecule has 2 rings (SSSR count). The maximum atomic E-state index is 12.4. The molecule has 0 aliphatic heterocycles. The first-order valence-electron chi connectivity index (χ1n) is 8.16. The number of halogens is 1. The van der Waals surface area contributed by atoms with Crippen molar-refractivity contribution in [1.82, 2.24) is 5.32 Å². The molecule has 0 fully saturated rings. The predicted molar refractivity (Wildman–Crippen MR) is 107 cm³/mol. The largest absolute Gasteiger partial charge is 0.352 e. The van der Waals surface area contributed by atoms with Crippen LogP contribution in [0.1, 0.15) is 34.1 Å². The van der Waals surface area contributed by atoms with Crippen molar-refractivity contribution in [3.8, 4) is 0 Å². The molecule has 27 heavy (non-hydrogen) atoms. The average Bonchev–Trinajstić information content (AvgIpc) is 2.61. The number of nitrogens with one attached hydrogen (secondary N) is 3. The molecule has 0 saturated carbocycles. The molecule has 0 bridgehead atoms. The number of carbonyl (C=O) groups is 2. The molecule has 3 N–H and O–H groups in total. The summed E-state index contributed by atoms with van der Waals surface area (Å²) in [6.07, 6.45) is 1.84. The van der Waals surface area contributed by atoms with Gasteiger partial charge in [-0.1, -0.05) is 18.5 Å². The highest BCUT2D eigenvalue weighted by Gasteiger charge is 2.12. The van der Waals surface area contributed by atoms with Crippen molar-refractivity contribution in [2.75, 3.05) is 22.8 Å². The van der Waals surface area contributed by atoms with Crippen LogP contribution in [0.3, 0.4) is 0 Å². The van der Waals surface area contributed by atoms with E-state index < -0.39 is 15.9 Å². The van der Waals surface area contributed by atoms with E-state index in [-0.39, 0.29) is 22.2 Å². The Morgan fingerprint density at radius 1 is 1.00 bits per heavy atom. The molecule has 7 nitrogen and oxygen atoms in total. The van der Waals surface area contributed by atoms with Gasteiger partial charge in [0.2, 0.25) is 10.0 Å². The van der Waals surface area contributed by atoms with E-state index in [1.165, 1.54) is 18.2 Å². The molecule has 144 valence electrons. The van der Waals surface area contributed by atoms with Crippen LogP contribution in [-0.4, -0.2) is 33.0 Å². The van der Waals surface area contributed by atoms with E-state index in [1.54, 1.807) is 24.3 Å². The van der Waals surface area contributed by atoms with E-state index in [4.69, 9.17) is 11.6 Å². The second-order valence-corrected chi connectivity index (χ2v) is 8.01. The van der Waals surface area contributed by atoms with Crippen molar-refractivity contribution in [2.24, 2.45) is 0 Å². The lowest BCUT2D eigenvalue weighted by Crippen LogP contribution is -2.23. The summed E-state index contributed by atoms with van der Waals surface area (Å²) in [6.45, 7) is 2.56. The van der Waals surface area contributed by atoms with E-state index >= 15 is 0 Å². The van der Waals surface area contributed by atoms with Crippen molar-refractivity contribution in [2.45, 2.75) is 13.3 Å². The van der Waals surface area contributed by atoms with Crippen LogP contribution in [0.5, 0.6) is 0 Å². The lowest BCUT2D eigenvalue weighted by molar-refractivity contribution is 0.0953. The average molecular weight is 410 g/mol. The summed E-state index contributed by atoms with van der Waals surface area (Å²) in [5.41, 5.74) is 1.34. The van der Waals surface area contributed by atoms with Gasteiger partial charge >= 0.3 is 0 Å². The standard InChI is InChI=1S/C18H20ClN3O4S/c1-3-10-20-17(23)12-4-7-14(8-5-12)21-18(24)13-6-9-15(19)16(11-13)22-27(2,25)26/h4-9,11,22H,3,10H2,1-2H3,(H,20,23)(H,21,24).